The van der Waals surface area contributed by atoms with E-state index in [2.05, 4.69) is 0 Å². The maximum Gasteiger partial charge on any atom is 0.267 e. The number of rotatable bonds is 4. The third kappa shape index (κ3) is 3.19. The number of amides is 1. The lowest BCUT2D eigenvalue weighted by Crippen LogP contribution is -2.30. The van der Waals surface area contributed by atoms with Gasteiger partial charge in [-0.1, -0.05) is 30.0 Å². The van der Waals surface area contributed by atoms with Crippen molar-refractivity contribution in [1.82, 2.24) is 14.5 Å². The molecule has 0 fully saturated rings. The molecule has 5 nitrogen and oxygen atoms in total. The molecule has 1 aliphatic carbocycles. The summed E-state index contributed by atoms with van der Waals surface area (Å²) in [5, 5.41) is 1.000. The number of fused-ring (bicyclic) bond motifs is 3. The Balaban J connectivity index is 1.92. The van der Waals surface area contributed by atoms with E-state index in [0.29, 0.717) is 5.16 Å². The maximum absolute atomic E-state index is 13.5. The largest absolute Gasteiger partial charge is 0.348 e. The Morgan fingerprint density at radius 1 is 1.26 bits per heavy atom. The van der Waals surface area contributed by atoms with Crippen LogP contribution in [0.3, 0.4) is 0 Å². The summed E-state index contributed by atoms with van der Waals surface area (Å²) in [5.74, 6) is 0.00244. The highest BCUT2D eigenvalue weighted by molar-refractivity contribution is 8.00. The Morgan fingerprint density at radius 3 is 2.70 bits per heavy atom. The Kier molecular flexibility index (Phi) is 4.82. The molecule has 1 atom stereocenters. The summed E-state index contributed by atoms with van der Waals surface area (Å²) < 4.78 is 1.66. The molecule has 4 rings (SSSR count). The molecule has 0 aliphatic heterocycles. The fourth-order valence-electron chi connectivity index (χ4n) is 3.48. The van der Waals surface area contributed by atoms with E-state index in [-0.39, 0.29) is 16.7 Å². The second kappa shape index (κ2) is 7.13. The minimum absolute atomic E-state index is 0.00244. The van der Waals surface area contributed by atoms with Gasteiger partial charge in [-0.15, -0.1) is 11.3 Å². The van der Waals surface area contributed by atoms with E-state index in [1.165, 1.54) is 22.2 Å². The molecule has 140 valence electrons. The predicted octanol–water partition coefficient (Wildman–Crippen LogP) is 3.50. The van der Waals surface area contributed by atoms with Crippen LogP contribution < -0.4 is 5.56 Å². The molecule has 0 spiro atoms. The van der Waals surface area contributed by atoms with Gasteiger partial charge in [0.25, 0.3) is 5.56 Å². The van der Waals surface area contributed by atoms with E-state index in [9.17, 15) is 9.59 Å². The van der Waals surface area contributed by atoms with Gasteiger partial charge in [0.15, 0.2) is 5.16 Å². The van der Waals surface area contributed by atoms with Crippen LogP contribution in [0, 0.1) is 0 Å². The SMILES string of the molecule is C[C@@H](Sc1nc2sc3c(c2c(=O)n1-c1ccccc1)CCC3)C(=O)N(C)C. The predicted molar refractivity (Wildman–Crippen MR) is 111 cm³/mol. The topological polar surface area (TPSA) is 55.2 Å². The number of carbonyl (C=O) groups is 1. The Hall–Kier alpha value is -2.12. The van der Waals surface area contributed by atoms with Crippen LogP contribution >= 0.6 is 23.1 Å². The second-order valence-electron chi connectivity index (χ2n) is 6.90. The maximum atomic E-state index is 13.5. The van der Waals surface area contributed by atoms with Crippen LogP contribution in [0.2, 0.25) is 0 Å². The molecule has 2 aromatic heterocycles. The van der Waals surface area contributed by atoms with Crippen molar-refractivity contribution in [2.75, 3.05) is 14.1 Å². The van der Waals surface area contributed by atoms with Gasteiger partial charge >= 0.3 is 0 Å². The van der Waals surface area contributed by atoms with Crippen molar-refractivity contribution in [1.29, 1.82) is 0 Å². The van der Waals surface area contributed by atoms with Gasteiger partial charge in [-0.3, -0.25) is 14.2 Å². The van der Waals surface area contributed by atoms with Gasteiger partial charge in [-0.25, -0.2) is 4.98 Å². The van der Waals surface area contributed by atoms with Crippen LogP contribution in [-0.2, 0) is 17.6 Å². The van der Waals surface area contributed by atoms with Crippen molar-refractivity contribution in [2.24, 2.45) is 0 Å². The van der Waals surface area contributed by atoms with Crippen LogP contribution in [0.25, 0.3) is 15.9 Å². The van der Waals surface area contributed by atoms with Crippen LogP contribution in [0.5, 0.6) is 0 Å². The first-order valence-electron chi connectivity index (χ1n) is 8.98. The molecule has 3 aromatic rings. The van der Waals surface area contributed by atoms with E-state index in [1.54, 1.807) is 34.9 Å². The summed E-state index contributed by atoms with van der Waals surface area (Å²) in [4.78, 5) is 34.3. The van der Waals surface area contributed by atoms with E-state index in [1.807, 2.05) is 37.3 Å². The third-order valence-corrected chi connectivity index (χ3v) is 7.02. The highest BCUT2D eigenvalue weighted by Gasteiger charge is 2.26. The second-order valence-corrected chi connectivity index (χ2v) is 9.29. The molecule has 27 heavy (non-hydrogen) atoms. The standard InChI is InChI=1S/C20H21N3O2S2/c1-12(18(24)22(2)3)26-20-21-17-16(14-10-7-11-15(14)27-17)19(25)23(20)13-8-5-4-6-9-13/h4-6,8-9,12H,7,10-11H2,1-3H3/t12-/m1/s1. The molecule has 0 bridgehead atoms. The third-order valence-electron chi connectivity index (χ3n) is 4.79. The Labute approximate surface area is 166 Å². The van der Waals surface area contributed by atoms with Crippen molar-refractivity contribution in [3.63, 3.8) is 0 Å². The molecule has 0 radical (unpaired) electrons. The van der Waals surface area contributed by atoms with E-state index in [4.69, 9.17) is 4.98 Å². The monoisotopic (exact) mass is 399 g/mol. The number of hydrogen-bond acceptors (Lipinski definition) is 5. The molecule has 1 aliphatic rings. The molecule has 2 heterocycles. The molecule has 1 aromatic carbocycles. The van der Waals surface area contributed by atoms with Gasteiger partial charge in [-0.05, 0) is 43.9 Å². The lowest BCUT2D eigenvalue weighted by Gasteiger charge is -2.18. The number of carbonyl (C=O) groups excluding carboxylic acids is 1. The van der Waals surface area contributed by atoms with Gasteiger partial charge in [-0.2, -0.15) is 0 Å². The first-order valence-corrected chi connectivity index (χ1v) is 10.7. The van der Waals surface area contributed by atoms with Gasteiger partial charge in [0.2, 0.25) is 5.91 Å². The number of aromatic nitrogens is 2. The van der Waals surface area contributed by atoms with Gasteiger partial charge < -0.3 is 4.90 Å². The van der Waals surface area contributed by atoms with Gasteiger partial charge in [0, 0.05) is 19.0 Å². The first kappa shape index (κ1) is 18.3. The highest BCUT2D eigenvalue weighted by atomic mass is 32.2. The number of hydrogen-bond donors (Lipinski definition) is 0. The zero-order chi connectivity index (χ0) is 19.1. The van der Waals surface area contributed by atoms with Crippen molar-refractivity contribution < 1.29 is 4.79 Å². The molecule has 1 amide bonds. The number of nitrogens with zero attached hydrogens (tertiary/aromatic N) is 3. The number of benzene rings is 1. The van der Waals surface area contributed by atoms with Crippen molar-refractivity contribution in [3.8, 4) is 5.69 Å². The quantitative estimate of drug-likeness (QED) is 0.498. The normalized spacial score (nSPS) is 14.3. The average Bonchev–Trinajstić information content (AvgIpc) is 3.22. The Bertz CT molecular complexity index is 1070. The lowest BCUT2D eigenvalue weighted by atomic mass is 10.2. The number of thiophene rings is 1. The van der Waals surface area contributed by atoms with E-state index < -0.39 is 0 Å². The molecular weight excluding hydrogens is 378 g/mol. The lowest BCUT2D eigenvalue weighted by molar-refractivity contribution is -0.127. The fraction of sp³-hybridized carbons (Fsp3) is 0.350. The fourth-order valence-corrected chi connectivity index (χ4v) is 5.86. The zero-order valence-electron chi connectivity index (χ0n) is 15.6. The van der Waals surface area contributed by atoms with Crippen LogP contribution in [-0.4, -0.2) is 39.7 Å². The highest BCUT2D eigenvalue weighted by Crippen LogP contribution is 2.36. The number of para-hydroxylation sites is 1. The van der Waals surface area contributed by atoms with E-state index in [0.717, 1.165) is 35.2 Å². The van der Waals surface area contributed by atoms with Crippen molar-refractivity contribution >= 4 is 39.2 Å². The smallest absolute Gasteiger partial charge is 0.267 e. The Morgan fingerprint density at radius 2 is 2.00 bits per heavy atom. The summed E-state index contributed by atoms with van der Waals surface area (Å²) >= 11 is 2.97. The first-order chi connectivity index (χ1) is 13.0. The molecule has 0 unspecified atom stereocenters. The minimum atomic E-state index is -0.328. The van der Waals surface area contributed by atoms with Gasteiger partial charge in [0.05, 0.1) is 16.3 Å². The molecule has 0 saturated carbocycles. The van der Waals surface area contributed by atoms with Crippen LogP contribution in [0.1, 0.15) is 23.8 Å². The summed E-state index contributed by atoms with van der Waals surface area (Å²) in [6, 6.07) is 9.56. The van der Waals surface area contributed by atoms with Crippen molar-refractivity contribution in [2.45, 2.75) is 36.6 Å². The molecule has 0 N–H and O–H groups in total. The average molecular weight is 400 g/mol. The van der Waals surface area contributed by atoms with E-state index >= 15 is 0 Å². The summed E-state index contributed by atoms with van der Waals surface area (Å²) in [6.07, 6.45) is 3.08. The molecule has 0 saturated heterocycles. The minimum Gasteiger partial charge on any atom is -0.348 e. The number of aryl methyl sites for hydroxylation is 2. The zero-order valence-corrected chi connectivity index (χ0v) is 17.2. The summed E-state index contributed by atoms with van der Waals surface area (Å²) in [5.41, 5.74) is 1.92. The molecular formula is C20H21N3O2S2. The molecule has 7 heteroatoms. The number of thioether (sulfide) groups is 1. The summed E-state index contributed by atoms with van der Waals surface area (Å²) in [6.45, 7) is 1.85. The van der Waals surface area contributed by atoms with Gasteiger partial charge in [0.1, 0.15) is 4.83 Å². The van der Waals surface area contributed by atoms with Crippen LogP contribution in [0.4, 0.5) is 0 Å². The summed E-state index contributed by atoms with van der Waals surface area (Å²) in [7, 11) is 3.48. The van der Waals surface area contributed by atoms with Crippen LogP contribution in [0.15, 0.2) is 40.3 Å². The van der Waals surface area contributed by atoms with Crippen molar-refractivity contribution in [3.05, 3.63) is 51.1 Å².